The smallest absolute Gasteiger partial charge is 0.412 e. The lowest BCUT2D eigenvalue weighted by Gasteiger charge is -2.24. The van der Waals surface area contributed by atoms with Gasteiger partial charge in [0.25, 0.3) is 0 Å². The molecule has 12 N–H and O–H groups in total. The number of aromatic nitrogens is 12. The molecule has 0 fully saturated rings. The molecule has 0 radical (unpaired) electrons. The Morgan fingerprint density at radius 3 is 1.23 bits per heavy atom. The minimum Gasteiger partial charge on any atom is -0.493 e. The van der Waals surface area contributed by atoms with Crippen LogP contribution in [0.15, 0.2) is 126 Å². The van der Waals surface area contributed by atoms with Crippen LogP contribution < -0.4 is 63.1 Å². The van der Waals surface area contributed by atoms with E-state index in [2.05, 4.69) is 189 Å². The van der Waals surface area contributed by atoms with Crippen LogP contribution in [0.5, 0.6) is 23.0 Å². The maximum atomic E-state index is 15.2. The number of alkyl halides is 6. The number of rotatable bonds is 28. The van der Waals surface area contributed by atoms with E-state index in [0.717, 1.165) is 165 Å². The first-order valence-electron chi connectivity index (χ1n) is 38.8. The van der Waals surface area contributed by atoms with Gasteiger partial charge >= 0.3 is 12.4 Å². The molecule has 0 saturated heterocycles. The largest absolute Gasteiger partial charge is 0.493 e. The molecular weight excluding hydrogens is 2090 g/mol. The number of aryl methyl sites for hydroxylation is 4. The van der Waals surface area contributed by atoms with Gasteiger partial charge in [0.05, 0.1) is 57.0 Å². The molecule has 0 amide bonds. The second kappa shape index (κ2) is 40.6. The third-order valence-corrected chi connectivity index (χ3v) is 28.9. The zero-order valence-corrected chi connectivity index (χ0v) is 77.9. The fraction of sp³-hybridized carbons (Fsp3) is 0.400. The van der Waals surface area contributed by atoms with Crippen molar-refractivity contribution in [2.75, 3.05) is 75.5 Å². The number of nitrogen functional groups attached to an aromatic ring is 4. The van der Waals surface area contributed by atoms with E-state index in [1.807, 2.05) is 57.5 Å². The van der Waals surface area contributed by atoms with Gasteiger partial charge in [-0.2, -0.15) is 26.3 Å². The second-order valence-electron chi connectivity index (χ2n) is 29.2. The van der Waals surface area contributed by atoms with Crippen LogP contribution in [0.3, 0.4) is 0 Å². The molecule has 0 unspecified atom stereocenters. The minimum atomic E-state index is -5.44. The summed E-state index contributed by atoms with van der Waals surface area (Å²) < 4.78 is 141. The molecule has 4 aliphatic rings. The molecule has 640 valence electrons. The van der Waals surface area contributed by atoms with Gasteiger partial charge in [0.1, 0.15) is 45.1 Å². The number of nitrogens with two attached hydrogens (primary N) is 4. The third kappa shape index (κ3) is 21.8. The standard InChI is InChI=1S/C20H18F6IN5OS.C20H22F2IN5OS.2C20H24IN5OS/c21-19(22,23)17(20(24,25)26)30-4-1-6-32-12-2-5-29-16(28)15(12)31-18(32)34-14-8-10-3-7-33-13(10)9-11(14)27;1-10(2)25-6-3-8-28-12-4-7-26-19(24)16(12)27-20(28)30-18-13(21)11-5-9-29-17(11)14(22)15(18)23;2*1-12(2)23-6-3-8-26-15-4-7-24-19(22)18(15)25-20(26)28-17-10-13-5-9-27-16(13)11-14(17)21/h2,5,8-9,17,30H,1,3-4,6-7H2,(H2,28,29);4,7,10,25H,3,5-6,8-9H2,1-2H3,(H2,24,26);2*4,7,10-12,23H,3,5-6,8-9H2,1-2H3,(H2,22,24)/i21+0,22+0,23+0,24+0,25+0,26+0;;21-3;21-4. The summed E-state index contributed by atoms with van der Waals surface area (Å²) in [6.07, 6.45) is 1.71. The zero-order chi connectivity index (χ0) is 85.4. The highest BCUT2D eigenvalue weighted by Gasteiger charge is 2.56. The number of benzene rings is 4. The summed E-state index contributed by atoms with van der Waals surface area (Å²) in [5.74, 6) is 3.38. The van der Waals surface area contributed by atoms with Crippen LogP contribution in [-0.2, 0) is 51.9 Å². The van der Waals surface area contributed by atoms with Crippen LogP contribution >= 0.6 is 137 Å². The van der Waals surface area contributed by atoms with E-state index in [9.17, 15) is 30.7 Å². The van der Waals surface area contributed by atoms with E-state index in [1.165, 1.54) is 46.0 Å². The molecule has 120 heavy (non-hydrogen) atoms. The molecule has 4 aliphatic heterocycles. The predicted molar refractivity (Wildman–Crippen MR) is 489 cm³/mol. The molecule has 0 atom stereocenters. The number of fused-ring (bicyclic) bond motifs is 8. The van der Waals surface area contributed by atoms with Crippen molar-refractivity contribution < 1.29 is 54.1 Å². The Kier molecular flexibility index (Phi) is 30.8. The van der Waals surface area contributed by atoms with Crippen molar-refractivity contribution in [3.05, 3.63) is 134 Å². The van der Waals surface area contributed by atoms with Crippen molar-refractivity contribution in [1.29, 1.82) is 0 Å². The van der Waals surface area contributed by atoms with Gasteiger partial charge in [-0.1, -0.05) is 76.8 Å². The van der Waals surface area contributed by atoms with Crippen LogP contribution in [0.1, 0.15) is 89.5 Å². The first-order valence-corrected chi connectivity index (χ1v) is 46.4. The Morgan fingerprint density at radius 1 is 0.467 bits per heavy atom. The molecule has 0 bridgehead atoms. The van der Waals surface area contributed by atoms with Crippen LogP contribution in [0, 0.1) is 25.9 Å². The topological polar surface area (TPSA) is 312 Å². The fourth-order valence-electron chi connectivity index (χ4n) is 13.7. The number of nitrogens with one attached hydrogen (secondary N) is 4. The molecule has 16 rings (SSSR count). The highest BCUT2D eigenvalue weighted by molar-refractivity contribution is 14.1. The summed E-state index contributed by atoms with van der Waals surface area (Å²) in [6, 6.07) is 17.9. The molecule has 0 spiro atoms. The van der Waals surface area contributed by atoms with Gasteiger partial charge in [0.15, 0.2) is 55.5 Å². The Bertz CT molecular complexity index is 5510. The Balaban J connectivity index is 0.000000139. The van der Waals surface area contributed by atoms with E-state index < -0.39 is 36.6 Å². The maximum absolute atomic E-state index is 15.2. The van der Waals surface area contributed by atoms with Gasteiger partial charge in [0.2, 0.25) is 6.04 Å². The summed E-state index contributed by atoms with van der Waals surface area (Å²) in [5, 5.41) is 14.9. The van der Waals surface area contributed by atoms with Gasteiger partial charge in [-0.15, -0.1) is 0 Å². The second-order valence-corrected chi connectivity index (χ2v) is 37.8. The number of nitrogens with zero attached hydrogens (tertiary/aromatic N) is 12. The highest BCUT2D eigenvalue weighted by atomic mass is 127. The quantitative estimate of drug-likeness (QED) is 0.00977. The molecule has 12 heterocycles. The maximum Gasteiger partial charge on any atom is 0.412 e. The lowest BCUT2D eigenvalue weighted by atomic mass is 10.1. The van der Waals surface area contributed by atoms with E-state index >= 15 is 4.39 Å². The van der Waals surface area contributed by atoms with Gasteiger partial charge in [-0.3, -0.25) is 5.32 Å². The highest BCUT2D eigenvalue weighted by Crippen LogP contribution is 2.46. The fourth-order valence-corrected chi connectivity index (χ4v) is 20.8. The number of hydrogen-bond donors (Lipinski definition) is 8. The molecule has 40 heteroatoms. The molecular formula is C80H88F8I4N20O4S4. The number of anilines is 4. The third-order valence-electron chi connectivity index (χ3n) is 19.5. The van der Waals surface area contributed by atoms with E-state index in [1.54, 1.807) is 58.1 Å². The number of pyridine rings is 4. The molecule has 4 aromatic carbocycles. The van der Waals surface area contributed by atoms with Crippen molar-refractivity contribution >= 4 is 205 Å². The normalized spacial score (nSPS) is 13.5. The Hall–Kier alpha value is -6.64. The van der Waals surface area contributed by atoms with Crippen molar-refractivity contribution in [1.82, 2.24) is 79.4 Å². The monoisotopic (exact) mass is 2170 g/mol. The molecule has 12 aromatic rings. The summed E-state index contributed by atoms with van der Waals surface area (Å²) in [4.78, 5) is 39.0. The van der Waals surface area contributed by atoms with Gasteiger partial charge in [-0.25, -0.2) is 48.7 Å². The van der Waals surface area contributed by atoms with E-state index in [-0.39, 0.29) is 39.6 Å². The SMILES string of the molecule is CC(C)NCCCn1c(Sc2c(F)c3c(c(F)c2I)OCC3)nc2c(N)nccc21.CC(C)NCCCn1c(Sc2cc3c(cc2[123I])OCC3)nc2c(N)nccc21.CC(C)NCCCn1c(Sc2cc3c(cc2[124I])OCC3)nc2c(N)nccc21.Nc1nccc2c1nc(Sc1cc3c(cc1I)OCC3)n2CCCNC(C([19F])([19F])[19F])C([19F])([19F])[19F]. The lowest BCUT2D eigenvalue weighted by Crippen LogP contribution is -2.52. The summed E-state index contributed by atoms with van der Waals surface area (Å²) >= 11 is 14.6. The van der Waals surface area contributed by atoms with E-state index in [4.69, 9.17) is 51.9 Å². The van der Waals surface area contributed by atoms with Crippen molar-refractivity contribution in [2.45, 2.75) is 196 Å². The van der Waals surface area contributed by atoms with Crippen LogP contribution in [-0.4, -0.2) is 147 Å². The number of ether oxygens (including phenoxy) is 4. The number of hydrogen-bond acceptors (Lipinski definition) is 24. The van der Waals surface area contributed by atoms with Crippen LogP contribution in [0.4, 0.5) is 58.4 Å². The predicted octanol–water partition coefficient (Wildman–Crippen LogP) is 17.7. The summed E-state index contributed by atoms with van der Waals surface area (Å²) in [7, 11) is 0. The average Bonchev–Trinajstić information content (AvgIpc) is 1.57. The Labute approximate surface area is 759 Å². The first kappa shape index (κ1) is 91.1. The van der Waals surface area contributed by atoms with Crippen molar-refractivity contribution in [3.63, 3.8) is 0 Å². The average molecular weight is 2170 g/mol. The van der Waals surface area contributed by atoms with Crippen molar-refractivity contribution in [2.24, 2.45) is 0 Å². The minimum absolute atomic E-state index is 0.000965. The zero-order valence-electron chi connectivity index (χ0n) is 66.0. The lowest BCUT2D eigenvalue weighted by molar-refractivity contribution is -0.258. The van der Waals surface area contributed by atoms with Gasteiger partial charge in [0, 0.05) is 126 Å². The molecule has 0 saturated carbocycles. The number of imidazole rings is 4. The molecule has 24 nitrogen and oxygen atoms in total. The van der Waals surface area contributed by atoms with Gasteiger partial charge in [-0.05, 0) is 231 Å². The van der Waals surface area contributed by atoms with Crippen LogP contribution in [0.25, 0.3) is 44.1 Å². The summed E-state index contributed by atoms with van der Waals surface area (Å²) in [5.41, 5.74) is 34.1. The Morgan fingerprint density at radius 2 is 0.817 bits per heavy atom. The first-order chi connectivity index (χ1) is 57.4. The number of halogens is 12. The molecule has 0 aliphatic carbocycles. The van der Waals surface area contributed by atoms with Crippen LogP contribution in [0.2, 0.25) is 0 Å². The van der Waals surface area contributed by atoms with Gasteiger partial charge < -0.3 is 76.1 Å². The van der Waals surface area contributed by atoms with Crippen molar-refractivity contribution in [3.8, 4) is 23.0 Å². The molecule has 8 aromatic heterocycles. The summed E-state index contributed by atoms with van der Waals surface area (Å²) in [6.45, 7) is 20.1. The van der Waals surface area contributed by atoms with E-state index in [0.29, 0.717) is 87.6 Å².